The molecule has 0 radical (unpaired) electrons. The van der Waals surface area contributed by atoms with Crippen LogP contribution in [0.3, 0.4) is 0 Å². The van der Waals surface area contributed by atoms with Gasteiger partial charge in [-0.15, -0.1) is 0 Å². The van der Waals surface area contributed by atoms with Crippen molar-refractivity contribution < 1.29 is 19.4 Å². The van der Waals surface area contributed by atoms with E-state index in [9.17, 15) is 14.7 Å². The van der Waals surface area contributed by atoms with Crippen molar-refractivity contribution in [3.05, 3.63) is 30.3 Å². The van der Waals surface area contributed by atoms with E-state index in [1.54, 1.807) is 17.0 Å². The normalized spacial score (nSPS) is 19.0. The smallest absolute Gasteiger partial charge is 0.261 e. The Labute approximate surface area is 136 Å². The van der Waals surface area contributed by atoms with E-state index < -0.39 is 6.10 Å². The molecule has 23 heavy (non-hydrogen) atoms. The van der Waals surface area contributed by atoms with Gasteiger partial charge in [-0.05, 0) is 18.1 Å². The second-order valence-electron chi connectivity index (χ2n) is 6.22. The fourth-order valence-corrected chi connectivity index (χ4v) is 2.56. The Kier molecular flexibility index (Phi) is 5.98. The molecule has 1 fully saturated rings. The number of benzene rings is 1. The first kappa shape index (κ1) is 17.3. The number of hydrogen-bond acceptors (Lipinski definition) is 4. The summed E-state index contributed by atoms with van der Waals surface area (Å²) in [6, 6.07) is 9.04. The van der Waals surface area contributed by atoms with Crippen LogP contribution in [0.15, 0.2) is 30.3 Å². The van der Waals surface area contributed by atoms with Crippen molar-refractivity contribution in [3.63, 3.8) is 0 Å². The number of rotatable bonds is 5. The highest BCUT2D eigenvalue weighted by Crippen LogP contribution is 2.11. The molecule has 2 rings (SSSR count). The lowest BCUT2D eigenvalue weighted by Gasteiger charge is -2.23. The Balaban J connectivity index is 1.93. The molecule has 1 N–H and O–H groups in total. The van der Waals surface area contributed by atoms with Crippen molar-refractivity contribution in [1.82, 2.24) is 9.80 Å². The van der Waals surface area contributed by atoms with Crippen molar-refractivity contribution >= 4 is 11.8 Å². The summed E-state index contributed by atoms with van der Waals surface area (Å²) in [6.07, 6.45) is -0.735. The molecule has 0 aliphatic carbocycles. The maximum absolute atomic E-state index is 12.3. The van der Waals surface area contributed by atoms with Crippen LogP contribution in [0, 0.1) is 5.92 Å². The first-order chi connectivity index (χ1) is 11.0. The molecule has 1 aromatic rings. The average molecular weight is 320 g/mol. The van der Waals surface area contributed by atoms with Gasteiger partial charge in [0.05, 0.1) is 12.6 Å². The topological polar surface area (TPSA) is 70.1 Å². The molecule has 1 saturated heterocycles. The van der Waals surface area contributed by atoms with Crippen LogP contribution in [0.5, 0.6) is 5.75 Å². The number of carbonyl (C=O) groups is 2. The molecule has 0 aromatic heterocycles. The highest BCUT2D eigenvalue weighted by molar-refractivity contribution is 5.86. The molecule has 1 aliphatic heterocycles. The first-order valence-electron chi connectivity index (χ1n) is 7.87. The fraction of sp³-hybridized carbons (Fsp3) is 0.529. The summed E-state index contributed by atoms with van der Waals surface area (Å²) >= 11 is 0. The quantitative estimate of drug-likeness (QED) is 0.869. The molecule has 0 saturated carbocycles. The molecule has 2 amide bonds. The molecule has 6 nitrogen and oxygen atoms in total. The van der Waals surface area contributed by atoms with E-state index in [0.717, 1.165) is 0 Å². The third-order valence-corrected chi connectivity index (χ3v) is 3.58. The van der Waals surface area contributed by atoms with Gasteiger partial charge < -0.3 is 19.6 Å². The van der Waals surface area contributed by atoms with Crippen molar-refractivity contribution in [2.45, 2.75) is 20.0 Å². The summed E-state index contributed by atoms with van der Waals surface area (Å²) in [5, 5.41) is 10.1. The first-order valence-corrected chi connectivity index (χ1v) is 7.87. The van der Waals surface area contributed by atoms with E-state index in [1.165, 1.54) is 4.90 Å². The van der Waals surface area contributed by atoms with Gasteiger partial charge in [0.1, 0.15) is 5.75 Å². The van der Waals surface area contributed by atoms with E-state index >= 15 is 0 Å². The zero-order valence-corrected chi connectivity index (χ0v) is 13.6. The summed E-state index contributed by atoms with van der Waals surface area (Å²) in [5.74, 6) is 0.481. The molecular weight excluding hydrogens is 296 g/mol. The molecule has 1 atom stereocenters. The molecule has 1 aromatic carbocycles. The number of hydrogen-bond donors (Lipinski definition) is 1. The summed E-state index contributed by atoms with van der Waals surface area (Å²) < 4.78 is 5.43. The van der Waals surface area contributed by atoms with Gasteiger partial charge in [0, 0.05) is 19.6 Å². The van der Waals surface area contributed by atoms with Gasteiger partial charge in [-0.3, -0.25) is 9.59 Å². The van der Waals surface area contributed by atoms with Crippen LogP contribution in [0.1, 0.15) is 13.8 Å². The number of nitrogens with zero attached hydrogens (tertiary/aromatic N) is 2. The second-order valence-corrected chi connectivity index (χ2v) is 6.22. The van der Waals surface area contributed by atoms with Crippen molar-refractivity contribution in [2.75, 3.05) is 32.8 Å². The number of amides is 2. The summed E-state index contributed by atoms with van der Waals surface area (Å²) in [7, 11) is 0. The number of para-hydroxylation sites is 1. The molecule has 1 unspecified atom stereocenters. The monoisotopic (exact) mass is 320 g/mol. The SMILES string of the molecule is CC(C)CN1CC(O)CN(C(=O)COc2ccccc2)CC1=O. The molecule has 0 spiro atoms. The predicted octanol–water partition coefficient (Wildman–Crippen LogP) is 0.753. The predicted molar refractivity (Wildman–Crippen MR) is 85.9 cm³/mol. The molecule has 0 bridgehead atoms. The number of ether oxygens (including phenoxy) is 1. The molecule has 126 valence electrons. The van der Waals surface area contributed by atoms with E-state index in [4.69, 9.17) is 4.74 Å². The minimum absolute atomic E-state index is 0.0131. The van der Waals surface area contributed by atoms with Crippen LogP contribution >= 0.6 is 0 Å². The Morgan fingerprint density at radius 1 is 1.30 bits per heavy atom. The van der Waals surface area contributed by atoms with Crippen molar-refractivity contribution in [1.29, 1.82) is 0 Å². The highest BCUT2D eigenvalue weighted by Gasteiger charge is 2.29. The summed E-state index contributed by atoms with van der Waals surface area (Å²) in [6.45, 7) is 4.87. The molecule has 1 aliphatic rings. The van der Waals surface area contributed by atoms with Crippen LogP contribution in [0.2, 0.25) is 0 Å². The van der Waals surface area contributed by atoms with Gasteiger partial charge in [-0.2, -0.15) is 0 Å². The maximum Gasteiger partial charge on any atom is 0.261 e. The van der Waals surface area contributed by atoms with Crippen molar-refractivity contribution in [2.24, 2.45) is 5.92 Å². The lowest BCUT2D eigenvalue weighted by Crippen LogP contribution is -2.42. The standard InChI is InChI=1S/C17H24N2O4/c1-13(2)8-18-9-14(20)10-19(11-16(18)21)17(22)12-23-15-6-4-3-5-7-15/h3-7,13-14,20H,8-12H2,1-2H3. The largest absolute Gasteiger partial charge is 0.484 e. The van der Waals surface area contributed by atoms with Crippen LogP contribution in [0.4, 0.5) is 0 Å². The lowest BCUT2D eigenvalue weighted by molar-refractivity contribution is -0.140. The van der Waals surface area contributed by atoms with Gasteiger partial charge >= 0.3 is 0 Å². The summed E-state index contributed by atoms with van der Waals surface area (Å²) in [5.41, 5.74) is 0. The summed E-state index contributed by atoms with van der Waals surface area (Å²) in [4.78, 5) is 27.5. The minimum Gasteiger partial charge on any atom is -0.484 e. The number of β-amino-alcohol motifs (C(OH)–C–C–N with tert-alkyl or cyclic N) is 1. The van der Waals surface area contributed by atoms with Crippen LogP contribution in [-0.2, 0) is 9.59 Å². The zero-order chi connectivity index (χ0) is 16.8. The average Bonchev–Trinajstić information content (AvgIpc) is 2.64. The van der Waals surface area contributed by atoms with Gasteiger partial charge in [-0.25, -0.2) is 0 Å². The third kappa shape index (κ3) is 5.25. The van der Waals surface area contributed by atoms with Gasteiger partial charge in [-0.1, -0.05) is 32.0 Å². The number of aliphatic hydroxyl groups excluding tert-OH is 1. The van der Waals surface area contributed by atoms with Gasteiger partial charge in [0.25, 0.3) is 5.91 Å². The van der Waals surface area contributed by atoms with Crippen LogP contribution < -0.4 is 4.74 Å². The number of carbonyl (C=O) groups excluding carboxylic acids is 2. The van der Waals surface area contributed by atoms with Crippen molar-refractivity contribution in [3.8, 4) is 5.75 Å². The van der Waals surface area contributed by atoms with E-state index in [0.29, 0.717) is 18.2 Å². The minimum atomic E-state index is -0.735. The third-order valence-electron chi connectivity index (χ3n) is 3.58. The molecule has 6 heteroatoms. The Bertz CT molecular complexity index is 533. The maximum atomic E-state index is 12.3. The second kappa shape index (κ2) is 7.97. The fourth-order valence-electron chi connectivity index (χ4n) is 2.56. The Morgan fingerprint density at radius 2 is 2.00 bits per heavy atom. The molecule has 1 heterocycles. The van der Waals surface area contributed by atoms with E-state index in [2.05, 4.69) is 0 Å². The molecular formula is C17H24N2O4. The van der Waals surface area contributed by atoms with Gasteiger partial charge in [0.2, 0.25) is 5.91 Å². The van der Waals surface area contributed by atoms with E-state index in [1.807, 2.05) is 32.0 Å². The Morgan fingerprint density at radius 3 is 2.65 bits per heavy atom. The Hall–Kier alpha value is -2.08. The van der Waals surface area contributed by atoms with Crippen LogP contribution in [-0.4, -0.2) is 65.6 Å². The number of aliphatic hydroxyl groups is 1. The zero-order valence-electron chi connectivity index (χ0n) is 13.6. The highest BCUT2D eigenvalue weighted by atomic mass is 16.5. The van der Waals surface area contributed by atoms with E-state index in [-0.39, 0.29) is 38.1 Å². The van der Waals surface area contributed by atoms with Gasteiger partial charge in [0.15, 0.2) is 6.61 Å². The lowest BCUT2D eigenvalue weighted by atomic mass is 10.2. The van der Waals surface area contributed by atoms with Crippen LogP contribution in [0.25, 0.3) is 0 Å².